The average Bonchev–Trinajstić information content (AvgIpc) is 2.64. The van der Waals surface area contributed by atoms with Crippen molar-refractivity contribution in [2.24, 2.45) is 0 Å². The summed E-state index contributed by atoms with van der Waals surface area (Å²) in [7, 11) is 0. The van der Waals surface area contributed by atoms with E-state index < -0.39 is 0 Å². The molecule has 0 unspecified atom stereocenters. The van der Waals surface area contributed by atoms with E-state index in [1.807, 2.05) is 12.1 Å². The largest absolute Gasteiger partial charge is 0.338 e. The van der Waals surface area contributed by atoms with E-state index in [0.29, 0.717) is 17.3 Å². The summed E-state index contributed by atoms with van der Waals surface area (Å²) in [5.41, 5.74) is 4.87. The van der Waals surface area contributed by atoms with Gasteiger partial charge < -0.3 is 10.6 Å². The minimum absolute atomic E-state index is 0.0330. The van der Waals surface area contributed by atoms with E-state index in [-0.39, 0.29) is 5.78 Å². The van der Waals surface area contributed by atoms with E-state index >= 15 is 0 Å². The van der Waals surface area contributed by atoms with Gasteiger partial charge in [-0.1, -0.05) is 25.1 Å². The number of para-hydroxylation sites is 1. The molecule has 0 spiro atoms. The number of carbonyl (C=O) groups excluding carboxylic acids is 1. The molecule has 0 aliphatic rings. The van der Waals surface area contributed by atoms with Crippen LogP contribution < -0.4 is 10.6 Å². The average molecular weight is 347 g/mol. The molecule has 132 valence electrons. The molecule has 0 fully saturated rings. The summed E-state index contributed by atoms with van der Waals surface area (Å²) in [6, 6.07) is 13.4. The van der Waals surface area contributed by atoms with Crippen molar-refractivity contribution in [3.05, 3.63) is 65.4 Å². The van der Waals surface area contributed by atoms with Crippen LogP contribution in [-0.4, -0.2) is 21.0 Å². The molecule has 0 radical (unpaired) electrons. The number of rotatable bonds is 6. The van der Waals surface area contributed by atoms with Gasteiger partial charge >= 0.3 is 0 Å². The van der Waals surface area contributed by atoms with Crippen LogP contribution in [0, 0.1) is 6.92 Å². The zero-order valence-electron chi connectivity index (χ0n) is 15.1. The Bertz CT molecular complexity index is 922. The Labute approximate surface area is 152 Å². The van der Waals surface area contributed by atoms with Crippen molar-refractivity contribution in [3.8, 4) is 0 Å². The molecule has 6 nitrogen and oxygen atoms in total. The summed E-state index contributed by atoms with van der Waals surface area (Å²) < 4.78 is 0. The molecule has 0 amide bonds. The van der Waals surface area contributed by atoms with Gasteiger partial charge in [-0.2, -0.15) is 10.1 Å². The molecular formula is C20H21N5O. The predicted molar refractivity (Wildman–Crippen MR) is 103 cm³/mol. The fourth-order valence-corrected chi connectivity index (χ4v) is 2.66. The van der Waals surface area contributed by atoms with Gasteiger partial charge in [0.2, 0.25) is 5.95 Å². The van der Waals surface area contributed by atoms with Crippen LogP contribution in [0.25, 0.3) is 0 Å². The second kappa shape index (κ2) is 7.74. The lowest BCUT2D eigenvalue weighted by Crippen LogP contribution is -2.04. The maximum absolute atomic E-state index is 11.3. The minimum atomic E-state index is 0.0330. The van der Waals surface area contributed by atoms with Gasteiger partial charge in [0, 0.05) is 16.9 Å². The number of hydrogen-bond acceptors (Lipinski definition) is 6. The van der Waals surface area contributed by atoms with Crippen LogP contribution >= 0.6 is 0 Å². The van der Waals surface area contributed by atoms with E-state index in [2.05, 4.69) is 57.9 Å². The predicted octanol–water partition coefficient (Wildman–Crippen LogP) is 4.43. The number of aromatic nitrogens is 3. The maximum atomic E-state index is 11.3. The monoisotopic (exact) mass is 347 g/mol. The first-order valence-corrected chi connectivity index (χ1v) is 8.50. The fourth-order valence-electron chi connectivity index (χ4n) is 2.66. The number of ketones is 1. The maximum Gasteiger partial charge on any atom is 0.249 e. The topological polar surface area (TPSA) is 79.8 Å². The normalized spacial score (nSPS) is 10.4. The zero-order valence-corrected chi connectivity index (χ0v) is 15.1. The molecule has 0 aliphatic heterocycles. The van der Waals surface area contributed by atoms with Crippen molar-refractivity contribution in [3.63, 3.8) is 0 Å². The second-order valence-corrected chi connectivity index (χ2v) is 6.01. The molecule has 26 heavy (non-hydrogen) atoms. The van der Waals surface area contributed by atoms with Gasteiger partial charge in [-0.3, -0.25) is 4.79 Å². The van der Waals surface area contributed by atoms with Crippen molar-refractivity contribution in [1.29, 1.82) is 0 Å². The van der Waals surface area contributed by atoms with Gasteiger partial charge in [-0.15, -0.1) is 5.10 Å². The van der Waals surface area contributed by atoms with Crippen molar-refractivity contribution >= 4 is 28.9 Å². The number of hydrogen-bond donors (Lipinski definition) is 2. The summed E-state index contributed by atoms with van der Waals surface area (Å²) in [5, 5.41) is 14.5. The lowest BCUT2D eigenvalue weighted by Gasteiger charge is -2.13. The molecule has 0 atom stereocenters. The van der Waals surface area contributed by atoms with E-state index in [1.165, 1.54) is 5.56 Å². The Morgan fingerprint density at radius 3 is 2.54 bits per heavy atom. The Morgan fingerprint density at radius 2 is 1.85 bits per heavy atom. The lowest BCUT2D eigenvalue weighted by molar-refractivity contribution is 0.101. The van der Waals surface area contributed by atoms with Gasteiger partial charge in [-0.25, -0.2) is 0 Å². The third kappa shape index (κ3) is 4.03. The first-order chi connectivity index (χ1) is 12.6. The zero-order chi connectivity index (χ0) is 18.5. The van der Waals surface area contributed by atoms with E-state index in [0.717, 1.165) is 23.4 Å². The first-order valence-electron chi connectivity index (χ1n) is 8.50. The van der Waals surface area contributed by atoms with Crippen molar-refractivity contribution < 1.29 is 4.79 Å². The Hall–Kier alpha value is -3.28. The molecule has 3 rings (SSSR count). The van der Waals surface area contributed by atoms with Crippen LogP contribution in [0.1, 0.15) is 35.3 Å². The molecule has 1 heterocycles. The SMILES string of the molecule is CCc1cccc(C)c1Nc1cnnc(Nc2ccc(C(C)=O)cc2)n1. The highest BCUT2D eigenvalue weighted by molar-refractivity contribution is 5.94. The lowest BCUT2D eigenvalue weighted by atomic mass is 10.1. The number of benzene rings is 2. The molecule has 0 bridgehead atoms. The fraction of sp³-hybridized carbons (Fsp3) is 0.200. The number of carbonyl (C=O) groups is 1. The number of anilines is 4. The Morgan fingerprint density at radius 1 is 1.08 bits per heavy atom. The van der Waals surface area contributed by atoms with Crippen LogP contribution in [0.2, 0.25) is 0 Å². The summed E-state index contributed by atoms with van der Waals surface area (Å²) in [5.74, 6) is 1.04. The molecule has 0 aliphatic carbocycles. The highest BCUT2D eigenvalue weighted by Gasteiger charge is 2.07. The Kier molecular flexibility index (Phi) is 5.22. The Balaban J connectivity index is 1.79. The first kappa shape index (κ1) is 17.5. The molecule has 2 aromatic carbocycles. The smallest absolute Gasteiger partial charge is 0.249 e. The number of nitrogens with one attached hydrogen (secondary N) is 2. The van der Waals surface area contributed by atoms with Gasteiger partial charge in [0.25, 0.3) is 0 Å². The number of Topliss-reactive ketones (excluding diaryl/α,β-unsaturated/α-hetero) is 1. The highest BCUT2D eigenvalue weighted by Crippen LogP contribution is 2.24. The van der Waals surface area contributed by atoms with Gasteiger partial charge in [-0.05, 0) is 55.7 Å². The summed E-state index contributed by atoms with van der Waals surface area (Å²) >= 11 is 0. The molecular weight excluding hydrogens is 326 g/mol. The third-order valence-corrected chi connectivity index (χ3v) is 4.10. The third-order valence-electron chi connectivity index (χ3n) is 4.10. The van der Waals surface area contributed by atoms with Gasteiger partial charge in [0.15, 0.2) is 11.6 Å². The van der Waals surface area contributed by atoms with E-state index in [4.69, 9.17) is 0 Å². The van der Waals surface area contributed by atoms with Gasteiger partial charge in [0.1, 0.15) is 0 Å². The van der Waals surface area contributed by atoms with Crippen LogP contribution in [0.3, 0.4) is 0 Å². The summed E-state index contributed by atoms with van der Waals surface area (Å²) in [4.78, 5) is 15.8. The molecule has 0 saturated heterocycles. The quantitative estimate of drug-likeness (QED) is 0.642. The molecule has 6 heteroatoms. The summed E-state index contributed by atoms with van der Waals surface area (Å²) in [6.45, 7) is 5.72. The van der Waals surface area contributed by atoms with Crippen LogP contribution in [0.5, 0.6) is 0 Å². The van der Waals surface area contributed by atoms with E-state index in [9.17, 15) is 4.79 Å². The standard InChI is InChI=1S/C20H21N5O/c1-4-15-7-5-6-13(2)19(15)23-18-12-21-25-20(24-18)22-17-10-8-16(9-11-17)14(3)26/h5-12H,4H2,1-3H3,(H2,22,23,24,25). The second-order valence-electron chi connectivity index (χ2n) is 6.01. The molecule has 1 aromatic heterocycles. The molecule has 0 saturated carbocycles. The molecule has 3 aromatic rings. The van der Waals surface area contributed by atoms with Gasteiger partial charge in [0.05, 0.1) is 6.20 Å². The van der Waals surface area contributed by atoms with Crippen molar-refractivity contribution in [1.82, 2.24) is 15.2 Å². The van der Waals surface area contributed by atoms with Crippen LogP contribution in [0.4, 0.5) is 23.1 Å². The van der Waals surface area contributed by atoms with Crippen molar-refractivity contribution in [2.75, 3.05) is 10.6 Å². The van der Waals surface area contributed by atoms with E-state index in [1.54, 1.807) is 25.3 Å². The number of aryl methyl sites for hydroxylation is 2. The van der Waals surface area contributed by atoms with Crippen LogP contribution in [-0.2, 0) is 6.42 Å². The van der Waals surface area contributed by atoms with Crippen LogP contribution in [0.15, 0.2) is 48.7 Å². The van der Waals surface area contributed by atoms with Crippen molar-refractivity contribution in [2.45, 2.75) is 27.2 Å². The number of nitrogens with zero attached hydrogens (tertiary/aromatic N) is 3. The highest BCUT2D eigenvalue weighted by atomic mass is 16.1. The molecule has 2 N–H and O–H groups in total. The minimum Gasteiger partial charge on any atom is -0.338 e. The summed E-state index contributed by atoms with van der Waals surface area (Å²) in [6.07, 6.45) is 2.52.